The van der Waals surface area contributed by atoms with Gasteiger partial charge in [0.2, 0.25) is 0 Å². The Balaban J connectivity index is 1.96. The predicted octanol–water partition coefficient (Wildman–Crippen LogP) is 2.78. The first-order valence-corrected chi connectivity index (χ1v) is 7.97. The zero-order chi connectivity index (χ0) is 17.0. The predicted molar refractivity (Wildman–Crippen MR) is 91.9 cm³/mol. The smallest absolute Gasteiger partial charge is 0.319 e. The van der Waals surface area contributed by atoms with E-state index in [1.807, 2.05) is 13.8 Å². The van der Waals surface area contributed by atoms with Gasteiger partial charge in [0, 0.05) is 36.4 Å². The Morgan fingerprint density at radius 2 is 2.00 bits per heavy atom. The maximum absolute atomic E-state index is 12.0. The molecule has 23 heavy (non-hydrogen) atoms. The average Bonchev–Trinajstić information content (AvgIpc) is 2.90. The van der Waals surface area contributed by atoms with Crippen LogP contribution in [-0.4, -0.2) is 35.9 Å². The number of aryl methyl sites for hydroxylation is 2. The van der Waals surface area contributed by atoms with E-state index < -0.39 is 0 Å². The zero-order valence-corrected chi connectivity index (χ0v) is 14.5. The summed E-state index contributed by atoms with van der Waals surface area (Å²) in [5.74, 6) is -0.0564. The minimum Gasteiger partial charge on any atom is -0.345 e. The van der Waals surface area contributed by atoms with E-state index in [0.29, 0.717) is 17.8 Å². The summed E-state index contributed by atoms with van der Waals surface area (Å²) in [5, 5.41) is 6.52. The minimum absolute atomic E-state index is 0.0564. The van der Waals surface area contributed by atoms with Gasteiger partial charge in [0.05, 0.1) is 11.6 Å². The summed E-state index contributed by atoms with van der Waals surface area (Å²) in [6.45, 7) is 4.21. The number of hydrogen-bond acceptors (Lipinski definition) is 4. The van der Waals surface area contributed by atoms with Crippen LogP contribution in [0.2, 0.25) is 0 Å². The van der Waals surface area contributed by atoms with Crippen molar-refractivity contribution < 1.29 is 9.59 Å². The normalized spacial score (nSPS) is 10.3. The van der Waals surface area contributed by atoms with Crippen LogP contribution in [0.1, 0.15) is 25.8 Å². The number of carbonyl (C=O) groups is 2. The van der Waals surface area contributed by atoms with Crippen molar-refractivity contribution in [1.82, 2.24) is 15.2 Å². The summed E-state index contributed by atoms with van der Waals surface area (Å²) in [6, 6.07) is 4.94. The molecule has 0 spiro atoms. The summed E-state index contributed by atoms with van der Waals surface area (Å²) >= 11 is 1.55. The highest BCUT2D eigenvalue weighted by atomic mass is 32.1. The topological polar surface area (TPSA) is 74.3 Å². The third-order valence-electron chi connectivity index (χ3n) is 3.21. The second kappa shape index (κ2) is 7.23. The highest BCUT2D eigenvalue weighted by molar-refractivity contribution is 7.11. The Kier molecular flexibility index (Phi) is 5.33. The van der Waals surface area contributed by atoms with Crippen molar-refractivity contribution in [1.29, 1.82) is 0 Å². The second-order valence-corrected chi connectivity index (χ2v) is 6.70. The summed E-state index contributed by atoms with van der Waals surface area (Å²) in [5.41, 5.74) is 2.09. The first-order chi connectivity index (χ1) is 10.9. The van der Waals surface area contributed by atoms with E-state index in [1.54, 1.807) is 49.8 Å². The summed E-state index contributed by atoms with van der Waals surface area (Å²) < 4.78 is 0. The highest BCUT2D eigenvalue weighted by Crippen LogP contribution is 2.16. The number of benzene rings is 1. The molecule has 6 nitrogen and oxygen atoms in total. The Morgan fingerprint density at radius 3 is 2.57 bits per heavy atom. The Hall–Kier alpha value is -2.41. The van der Waals surface area contributed by atoms with Gasteiger partial charge >= 0.3 is 6.03 Å². The Bertz CT molecular complexity index is 725. The molecule has 2 N–H and O–H groups in total. The van der Waals surface area contributed by atoms with Crippen LogP contribution < -0.4 is 10.6 Å². The van der Waals surface area contributed by atoms with Crippen molar-refractivity contribution in [3.05, 3.63) is 45.4 Å². The number of hydrogen-bond donors (Lipinski definition) is 2. The highest BCUT2D eigenvalue weighted by Gasteiger charge is 2.12. The fraction of sp³-hybridized carbons (Fsp3) is 0.312. The second-order valence-electron chi connectivity index (χ2n) is 5.38. The van der Waals surface area contributed by atoms with Crippen molar-refractivity contribution in [2.24, 2.45) is 0 Å². The molecular formula is C16H20N4O2S. The van der Waals surface area contributed by atoms with Crippen molar-refractivity contribution in [3.63, 3.8) is 0 Å². The van der Waals surface area contributed by atoms with Gasteiger partial charge in [0.15, 0.2) is 0 Å². The molecule has 1 aromatic heterocycles. The van der Waals surface area contributed by atoms with E-state index in [2.05, 4.69) is 15.6 Å². The molecule has 0 saturated carbocycles. The SMILES string of the molecule is Cc1ncc(CNC(=O)Nc2ccc(C(=O)N(C)C)c(C)c2)s1. The van der Waals surface area contributed by atoms with E-state index in [-0.39, 0.29) is 11.9 Å². The standard InChI is InChI=1S/C16H20N4O2S/c1-10-7-12(5-6-14(10)15(21)20(3)4)19-16(22)18-9-13-8-17-11(2)23-13/h5-8H,9H2,1-4H3,(H2,18,19,22). The first-order valence-electron chi connectivity index (χ1n) is 7.15. The van der Waals surface area contributed by atoms with Gasteiger partial charge in [-0.3, -0.25) is 4.79 Å². The number of thiazole rings is 1. The molecule has 0 atom stereocenters. The molecule has 0 fully saturated rings. The van der Waals surface area contributed by atoms with Crippen LogP contribution in [0.4, 0.5) is 10.5 Å². The number of carbonyl (C=O) groups excluding carboxylic acids is 2. The third kappa shape index (κ3) is 4.53. The molecule has 0 unspecified atom stereocenters. The molecule has 2 rings (SSSR count). The number of anilines is 1. The molecule has 3 amide bonds. The lowest BCUT2D eigenvalue weighted by Crippen LogP contribution is -2.28. The summed E-state index contributed by atoms with van der Waals surface area (Å²) in [4.78, 5) is 30.6. The molecule has 0 aliphatic heterocycles. The molecular weight excluding hydrogens is 312 g/mol. The zero-order valence-electron chi connectivity index (χ0n) is 13.6. The minimum atomic E-state index is -0.290. The van der Waals surface area contributed by atoms with Crippen LogP contribution in [0.15, 0.2) is 24.4 Å². The molecule has 0 saturated heterocycles. The molecule has 1 heterocycles. The van der Waals surface area contributed by atoms with Crippen LogP contribution in [0.3, 0.4) is 0 Å². The monoisotopic (exact) mass is 332 g/mol. The van der Waals surface area contributed by atoms with E-state index in [0.717, 1.165) is 15.4 Å². The van der Waals surface area contributed by atoms with Crippen molar-refractivity contribution in [2.75, 3.05) is 19.4 Å². The summed E-state index contributed by atoms with van der Waals surface area (Å²) in [7, 11) is 3.42. The fourth-order valence-electron chi connectivity index (χ4n) is 2.05. The van der Waals surface area contributed by atoms with Gasteiger partial charge in [-0.1, -0.05) is 0 Å². The van der Waals surface area contributed by atoms with Gasteiger partial charge in [0.1, 0.15) is 0 Å². The van der Waals surface area contributed by atoms with E-state index >= 15 is 0 Å². The van der Waals surface area contributed by atoms with E-state index in [4.69, 9.17) is 0 Å². The number of rotatable bonds is 4. The molecule has 122 valence electrons. The molecule has 0 radical (unpaired) electrons. The quantitative estimate of drug-likeness (QED) is 0.904. The molecule has 0 bridgehead atoms. The number of urea groups is 1. The number of amides is 3. The van der Waals surface area contributed by atoms with Gasteiger partial charge in [-0.2, -0.15) is 0 Å². The van der Waals surface area contributed by atoms with Crippen LogP contribution >= 0.6 is 11.3 Å². The lowest BCUT2D eigenvalue weighted by molar-refractivity contribution is 0.0827. The Labute approximate surface area is 139 Å². The van der Waals surface area contributed by atoms with Gasteiger partial charge in [0.25, 0.3) is 5.91 Å². The maximum Gasteiger partial charge on any atom is 0.319 e. The van der Waals surface area contributed by atoms with Crippen molar-refractivity contribution in [3.8, 4) is 0 Å². The van der Waals surface area contributed by atoms with Crippen LogP contribution in [0, 0.1) is 13.8 Å². The molecule has 2 aromatic rings. The fourth-order valence-corrected chi connectivity index (χ4v) is 2.79. The third-order valence-corrected chi connectivity index (χ3v) is 4.13. The number of nitrogens with zero attached hydrogens (tertiary/aromatic N) is 2. The van der Waals surface area contributed by atoms with Crippen LogP contribution in [0.25, 0.3) is 0 Å². The largest absolute Gasteiger partial charge is 0.345 e. The van der Waals surface area contributed by atoms with Crippen molar-refractivity contribution in [2.45, 2.75) is 20.4 Å². The molecule has 7 heteroatoms. The van der Waals surface area contributed by atoms with Gasteiger partial charge in [-0.15, -0.1) is 11.3 Å². The molecule has 0 aliphatic rings. The van der Waals surface area contributed by atoms with Gasteiger partial charge < -0.3 is 15.5 Å². The molecule has 1 aromatic carbocycles. The first kappa shape index (κ1) is 17.0. The average molecular weight is 332 g/mol. The van der Waals surface area contributed by atoms with Gasteiger partial charge in [-0.25, -0.2) is 9.78 Å². The van der Waals surface area contributed by atoms with Gasteiger partial charge in [-0.05, 0) is 37.6 Å². The van der Waals surface area contributed by atoms with E-state index in [1.165, 1.54) is 4.90 Å². The lowest BCUT2D eigenvalue weighted by atomic mass is 10.1. The molecule has 0 aliphatic carbocycles. The van der Waals surface area contributed by atoms with E-state index in [9.17, 15) is 9.59 Å². The lowest BCUT2D eigenvalue weighted by Gasteiger charge is -2.14. The van der Waals surface area contributed by atoms with Crippen LogP contribution in [0.5, 0.6) is 0 Å². The summed E-state index contributed by atoms with van der Waals surface area (Å²) in [6.07, 6.45) is 1.76. The van der Waals surface area contributed by atoms with Crippen molar-refractivity contribution >= 4 is 29.0 Å². The number of aromatic nitrogens is 1. The van der Waals surface area contributed by atoms with Crippen LogP contribution in [-0.2, 0) is 6.54 Å². The maximum atomic E-state index is 12.0. The number of nitrogens with one attached hydrogen (secondary N) is 2. The Morgan fingerprint density at radius 1 is 1.26 bits per heavy atom.